The molecule has 6 heteroatoms. The number of hydrogen-bond donors (Lipinski definition) is 1. The van der Waals surface area contributed by atoms with Crippen LogP contribution in [-0.2, 0) is 16.1 Å². The minimum absolute atomic E-state index is 0.0568. The van der Waals surface area contributed by atoms with Crippen LogP contribution < -0.4 is 0 Å². The summed E-state index contributed by atoms with van der Waals surface area (Å²) < 4.78 is 6.79. The predicted octanol–water partition coefficient (Wildman–Crippen LogP) is -0.117. The van der Waals surface area contributed by atoms with E-state index in [1.165, 1.54) is 0 Å². The molecule has 1 aromatic heterocycles. The highest BCUT2D eigenvalue weighted by Gasteiger charge is 2.32. The summed E-state index contributed by atoms with van der Waals surface area (Å²) in [5.41, 5.74) is -0.813. The SMILES string of the molecule is CN(CC1(O)CCOCC1)C(=O)Cn1cccn1. The zero-order chi connectivity index (χ0) is 13.0. The van der Waals surface area contributed by atoms with E-state index in [9.17, 15) is 9.90 Å². The van der Waals surface area contributed by atoms with Crippen molar-refractivity contribution in [2.75, 3.05) is 26.8 Å². The number of ether oxygens (including phenoxy) is 1. The first-order valence-electron chi connectivity index (χ1n) is 6.11. The van der Waals surface area contributed by atoms with E-state index < -0.39 is 5.60 Å². The second-order valence-electron chi connectivity index (χ2n) is 4.79. The minimum atomic E-state index is -0.813. The standard InChI is InChI=1S/C12H19N3O3/c1-14(10-12(17)3-7-18-8-4-12)11(16)9-15-6-2-5-13-15/h2,5-6,17H,3-4,7-10H2,1H3. The van der Waals surface area contributed by atoms with Crippen LogP contribution in [0.1, 0.15) is 12.8 Å². The number of likely N-dealkylation sites (N-methyl/N-ethyl adjacent to an activating group) is 1. The van der Waals surface area contributed by atoms with Gasteiger partial charge in [0.05, 0.1) is 5.60 Å². The molecular formula is C12H19N3O3. The van der Waals surface area contributed by atoms with Crippen molar-refractivity contribution in [3.63, 3.8) is 0 Å². The van der Waals surface area contributed by atoms with Gasteiger partial charge in [0, 0.05) is 52.0 Å². The van der Waals surface area contributed by atoms with Gasteiger partial charge in [-0.2, -0.15) is 5.10 Å². The lowest BCUT2D eigenvalue weighted by atomic mass is 9.94. The third kappa shape index (κ3) is 3.30. The number of hydrogen-bond acceptors (Lipinski definition) is 4. The molecule has 0 aromatic carbocycles. The fraction of sp³-hybridized carbons (Fsp3) is 0.667. The third-order valence-corrected chi connectivity index (χ3v) is 3.24. The first-order chi connectivity index (χ1) is 8.59. The molecule has 0 spiro atoms. The maximum atomic E-state index is 11.9. The average molecular weight is 253 g/mol. The minimum Gasteiger partial charge on any atom is -0.388 e. The van der Waals surface area contributed by atoms with E-state index in [4.69, 9.17) is 4.74 Å². The molecule has 2 heterocycles. The maximum absolute atomic E-state index is 11.9. The number of carbonyl (C=O) groups excluding carboxylic acids is 1. The van der Waals surface area contributed by atoms with Crippen LogP contribution in [0.5, 0.6) is 0 Å². The molecule has 1 N–H and O–H groups in total. The van der Waals surface area contributed by atoms with Crippen LogP contribution in [0.25, 0.3) is 0 Å². The Morgan fingerprint density at radius 1 is 1.56 bits per heavy atom. The molecule has 1 aromatic rings. The van der Waals surface area contributed by atoms with Crippen molar-refractivity contribution in [3.05, 3.63) is 18.5 Å². The van der Waals surface area contributed by atoms with Crippen LogP contribution in [0.4, 0.5) is 0 Å². The van der Waals surface area contributed by atoms with Gasteiger partial charge in [0.25, 0.3) is 0 Å². The van der Waals surface area contributed by atoms with Gasteiger partial charge in [-0.1, -0.05) is 0 Å². The summed E-state index contributed by atoms with van der Waals surface area (Å²) in [4.78, 5) is 13.5. The van der Waals surface area contributed by atoms with Gasteiger partial charge in [-0.15, -0.1) is 0 Å². The molecule has 2 rings (SSSR count). The maximum Gasteiger partial charge on any atom is 0.244 e. The summed E-state index contributed by atoms with van der Waals surface area (Å²) in [7, 11) is 1.71. The van der Waals surface area contributed by atoms with Crippen molar-refractivity contribution in [1.29, 1.82) is 0 Å². The quantitative estimate of drug-likeness (QED) is 0.812. The highest BCUT2D eigenvalue weighted by Crippen LogP contribution is 2.21. The van der Waals surface area contributed by atoms with Crippen LogP contribution >= 0.6 is 0 Å². The Morgan fingerprint density at radius 2 is 2.28 bits per heavy atom. The van der Waals surface area contributed by atoms with Crippen LogP contribution in [-0.4, -0.2) is 58.1 Å². The van der Waals surface area contributed by atoms with E-state index in [1.807, 2.05) is 0 Å². The molecule has 100 valence electrons. The molecule has 6 nitrogen and oxygen atoms in total. The van der Waals surface area contributed by atoms with E-state index in [-0.39, 0.29) is 12.5 Å². The number of carbonyl (C=O) groups is 1. The van der Waals surface area contributed by atoms with Gasteiger partial charge in [-0.25, -0.2) is 0 Å². The largest absolute Gasteiger partial charge is 0.388 e. The number of aromatic nitrogens is 2. The summed E-state index contributed by atoms with van der Waals surface area (Å²) in [6, 6.07) is 1.78. The zero-order valence-corrected chi connectivity index (χ0v) is 10.6. The van der Waals surface area contributed by atoms with Crippen molar-refractivity contribution in [2.45, 2.75) is 25.0 Å². The Morgan fingerprint density at radius 3 is 2.89 bits per heavy atom. The Bertz CT molecular complexity index is 385. The second-order valence-corrected chi connectivity index (χ2v) is 4.79. The molecule has 0 unspecified atom stereocenters. The van der Waals surface area contributed by atoms with Gasteiger partial charge in [-0.3, -0.25) is 9.48 Å². The third-order valence-electron chi connectivity index (χ3n) is 3.24. The summed E-state index contributed by atoms with van der Waals surface area (Å²) in [5.74, 6) is -0.0568. The summed E-state index contributed by atoms with van der Waals surface area (Å²) in [5, 5.41) is 14.3. The van der Waals surface area contributed by atoms with E-state index in [0.29, 0.717) is 32.6 Å². The Labute approximate surface area is 106 Å². The normalized spacial score (nSPS) is 18.6. The van der Waals surface area contributed by atoms with Crippen LogP contribution in [0.3, 0.4) is 0 Å². The monoisotopic (exact) mass is 253 g/mol. The molecule has 0 saturated carbocycles. The van der Waals surface area contributed by atoms with Crippen molar-refractivity contribution >= 4 is 5.91 Å². The summed E-state index contributed by atoms with van der Waals surface area (Å²) in [6.07, 6.45) is 4.53. The lowest BCUT2D eigenvalue weighted by molar-refractivity contribution is -0.137. The lowest BCUT2D eigenvalue weighted by Gasteiger charge is -2.35. The molecule has 1 fully saturated rings. The van der Waals surface area contributed by atoms with Gasteiger partial charge in [0.1, 0.15) is 6.54 Å². The van der Waals surface area contributed by atoms with E-state index >= 15 is 0 Å². The smallest absolute Gasteiger partial charge is 0.244 e. The highest BCUT2D eigenvalue weighted by atomic mass is 16.5. The van der Waals surface area contributed by atoms with E-state index in [2.05, 4.69) is 5.10 Å². The molecule has 1 aliphatic rings. The van der Waals surface area contributed by atoms with Gasteiger partial charge in [-0.05, 0) is 6.07 Å². The molecule has 0 aliphatic carbocycles. The molecule has 18 heavy (non-hydrogen) atoms. The van der Waals surface area contributed by atoms with Gasteiger partial charge < -0.3 is 14.7 Å². The topological polar surface area (TPSA) is 67.6 Å². The van der Waals surface area contributed by atoms with Gasteiger partial charge in [0.2, 0.25) is 5.91 Å². The average Bonchev–Trinajstić information content (AvgIpc) is 2.82. The van der Waals surface area contributed by atoms with Gasteiger partial charge in [0.15, 0.2) is 0 Å². The molecule has 0 atom stereocenters. The molecule has 1 aliphatic heterocycles. The first-order valence-corrected chi connectivity index (χ1v) is 6.11. The summed E-state index contributed by atoms with van der Waals surface area (Å²) >= 11 is 0. The Balaban J connectivity index is 1.86. The van der Waals surface area contributed by atoms with Crippen LogP contribution in [0, 0.1) is 0 Å². The van der Waals surface area contributed by atoms with Crippen molar-refractivity contribution in [1.82, 2.24) is 14.7 Å². The first kappa shape index (κ1) is 13.0. The van der Waals surface area contributed by atoms with Gasteiger partial charge >= 0.3 is 0 Å². The zero-order valence-electron chi connectivity index (χ0n) is 10.6. The van der Waals surface area contributed by atoms with Crippen molar-refractivity contribution < 1.29 is 14.6 Å². The Hall–Kier alpha value is -1.40. The molecule has 1 saturated heterocycles. The van der Waals surface area contributed by atoms with Crippen molar-refractivity contribution in [2.24, 2.45) is 0 Å². The number of nitrogens with zero attached hydrogens (tertiary/aromatic N) is 3. The molecule has 1 amide bonds. The Kier molecular flexibility index (Phi) is 3.98. The second kappa shape index (κ2) is 5.49. The number of amides is 1. The molecule has 0 bridgehead atoms. The summed E-state index contributed by atoms with van der Waals surface area (Å²) in [6.45, 7) is 1.65. The van der Waals surface area contributed by atoms with Crippen molar-refractivity contribution in [3.8, 4) is 0 Å². The highest BCUT2D eigenvalue weighted by molar-refractivity contribution is 5.75. The fourth-order valence-corrected chi connectivity index (χ4v) is 2.09. The molecular weight excluding hydrogens is 234 g/mol. The lowest BCUT2D eigenvalue weighted by Crippen LogP contribution is -2.48. The van der Waals surface area contributed by atoms with E-state index in [0.717, 1.165) is 0 Å². The number of aliphatic hydroxyl groups is 1. The molecule has 0 radical (unpaired) electrons. The number of rotatable bonds is 4. The predicted molar refractivity (Wildman–Crippen MR) is 64.9 cm³/mol. The van der Waals surface area contributed by atoms with E-state index in [1.54, 1.807) is 35.1 Å². The fourth-order valence-electron chi connectivity index (χ4n) is 2.09. The van der Waals surface area contributed by atoms with Crippen LogP contribution in [0.2, 0.25) is 0 Å². The van der Waals surface area contributed by atoms with Crippen LogP contribution in [0.15, 0.2) is 18.5 Å².